The minimum Gasteiger partial charge on any atom is -0.478 e. The number of aromatic carboxylic acids is 1. The van der Waals surface area contributed by atoms with Crippen LogP contribution in [0.15, 0.2) is 24.5 Å². The van der Waals surface area contributed by atoms with Crippen molar-refractivity contribution in [1.29, 1.82) is 0 Å². The fourth-order valence-corrected chi connectivity index (χ4v) is 1.85. The van der Waals surface area contributed by atoms with Crippen LogP contribution in [0, 0.1) is 6.92 Å². The monoisotopic (exact) mass is 259 g/mol. The summed E-state index contributed by atoms with van der Waals surface area (Å²) in [6.45, 7) is 7.78. The van der Waals surface area contributed by atoms with Gasteiger partial charge in [-0.2, -0.15) is 5.10 Å². The van der Waals surface area contributed by atoms with Gasteiger partial charge in [-0.1, -0.05) is 20.8 Å². The molecular weight excluding hydrogens is 242 g/mol. The first-order valence-corrected chi connectivity index (χ1v) is 6.05. The summed E-state index contributed by atoms with van der Waals surface area (Å²) in [5.41, 5.74) is 1.50. The van der Waals surface area contributed by atoms with Gasteiger partial charge in [0.2, 0.25) is 0 Å². The van der Waals surface area contributed by atoms with Crippen LogP contribution in [0.2, 0.25) is 0 Å². The van der Waals surface area contributed by atoms with Crippen molar-refractivity contribution in [3.63, 3.8) is 0 Å². The number of rotatable bonds is 2. The standard InChI is InChI=1S/C14H17N3O2/c1-9-5-6-15-11(7-9)17-8-10(13(18)19)12(16-17)14(2,3)4/h5-8H,1-4H3,(H,18,19). The number of carbonyl (C=O) groups is 1. The van der Waals surface area contributed by atoms with Gasteiger partial charge in [-0.05, 0) is 24.6 Å². The van der Waals surface area contributed by atoms with Crippen molar-refractivity contribution < 1.29 is 9.90 Å². The molecule has 5 heteroatoms. The summed E-state index contributed by atoms with van der Waals surface area (Å²) in [6.07, 6.45) is 3.20. The Kier molecular flexibility index (Phi) is 3.14. The van der Waals surface area contributed by atoms with Crippen LogP contribution >= 0.6 is 0 Å². The van der Waals surface area contributed by atoms with Crippen molar-refractivity contribution in [2.24, 2.45) is 0 Å². The third kappa shape index (κ3) is 2.65. The van der Waals surface area contributed by atoms with E-state index in [0.717, 1.165) is 5.56 Å². The number of carboxylic acid groups (broad SMARTS) is 1. The molecule has 0 fully saturated rings. The molecule has 2 heterocycles. The highest BCUT2D eigenvalue weighted by atomic mass is 16.4. The van der Waals surface area contributed by atoms with Crippen LogP contribution < -0.4 is 0 Å². The molecule has 0 aliphatic heterocycles. The van der Waals surface area contributed by atoms with Crippen LogP contribution in [-0.2, 0) is 5.41 Å². The van der Waals surface area contributed by atoms with Crippen LogP contribution in [-0.4, -0.2) is 25.8 Å². The summed E-state index contributed by atoms with van der Waals surface area (Å²) in [5, 5.41) is 13.7. The fraction of sp³-hybridized carbons (Fsp3) is 0.357. The smallest absolute Gasteiger partial charge is 0.339 e. The van der Waals surface area contributed by atoms with Crippen molar-refractivity contribution in [1.82, 2.24) is 14.8 Å². The van der Waals surface area contributed by atoms with Crippen LogP contribution in [0.4, 0.5) is 0 Å². The lowest BCUT2D eigenvalue weighted by Gasteiger charge is -2.15. The van der Waals surface area contributed by atoms with Gasteiger partial charge >= 0.3 is 5.97 Å². The van der Waals surface area contributed by atoms with Crippen LogP contribution in [0.25, 0.3) is 5.82 Å². The largest absolute Gasteiger partial charge is 0.478 e. The highest BCUT2D eigenvalue weighted by molar-refractivity contribution is 5.89. The number of nitrogens with zero attached hydrogens (tertiary/aromatic N) is 3. The zero-order chi connectivity index (χ0) is 14.2. The molecule has 0 aliphatic rings. The van der Waals surface area contributed by atoms with Crippen LogP contribution in [0.3, 0.4) is 0 Å². The second-order valence-electron chi connectivity index (χ2n) is 5.58. The molecule has 0 bridgehead atoms. The van der Waals surface area contributed by atoms with Crippen molar-refractivity contribution in [3.05, 3.63) is 41.3 Å². The molecule has 0 aromatic carbocycles. The summed E-state index contributed by atoms with van der Waals surface area (Å²) in [5.74, 6) is -0.346. The van der Waals surface area contributed by atoms with Gasteiger partial charge in [0, 0.05) is 17.8 Å². The first-order chi connectivity index (χ1) is 8.79. The summed E-state index contributed by atoms with van der Waals surface area (Å²) < 4.78 is 1.52. The Bertz CT molecular complexity index is 624. The second-order valence-corrected chi connectivity index (χ2v) is 5.58. The zero-order valence-corrected chi connectivity index (χ0v) is 11.5. The molecule has 2 aromatic heterocycles. The summed E-state index contributed by atoms with van der Waals surface area (Å²) in [7, 11) is 0. The van der Waals surface area contributed by atoms with E-state index in [2.05, 4.69) is 10.1 Å². The Morgan fingerprint density at radius 3 is 2.53 bits per heavy atom. The average molecular weight is 259 g/mol. The SMILES string of the molecule is Cc1ccnc(-n2cc(C(=O)O)c(C(C)(C)C)n2)c1. The van der Waals surface area contributed by atoms with Crippen LogP contribution in [0.1, 0.15) is 42.4 Å². The van der Waals surface area contributed by atoms with E-state index in [1.807, 2.05) is 39.8 Å². The molecule has 2 aromatic rings. The lowest BCUT2D eigenvalue weighted by Crippen LogP contribution is -2.16. The summed E-state index contributed by atoms with van der Waals surface area (Å²) in [4.78, 5) is 15.5. The molecule has 0 unspecified atom stereocenters. The van der Waals surface area contributed by atoms with E-state index < -0.39 is 5.97 Å². The third-order valence-electron chi connectivity index (χ3n) is 2.79. The zero-order valence-electron chi connectivity index (χ0n) is 11.5. The maximum absolute atomic E-state index is 11.3. The maximum Gasteiger partial charge on any atom is 0.339 e. The maximum atomic E-state index is 11.3. The quantitative estimate of drug-likeness (QED) is 0.900. The Morgan fingerprint density at radius 2 is 2.05 bits per heavy atom. The van der Waals surface area contributed by atoms with Gasteiger partial charge in [-0.25, -0.2) is 14.5 Å². The number of aromatic nitrogens is 3. The first kappa shape index (κ1) is 13.3. The van der Waals surface area contributed by atoms with Gasteiger partial charge in [0.05, 0.1) is 5.69 Å². The molecule has 0 saturated heterocycles. The molecule has 2 rings (SSSR count). The number of pyridine rings is 1. The predicted molar refractivity (Wildman–Crippen MR) is 71.8 cm³/mol. The molecule has 19 heavy (non-hydrogen) atoms. The highest BCUT2D eigenvalue weighted by Crippen LogP contribution is 2.25. The Balaban J connectivity index is 2.58. The molecular formula is C14H17N3O2. The van der Waals surface area contributed by atoms with E-state index in [-0.39, 0.29) is 11.0 Å². The number of hydrogen-bond donors (Lipinski definition) is 1. The third-order valence-corrected chi connectivity index (χ3v) is 2.79. The minimum absolute atomic E-state index is 0.218. The predicted octanol–water partition coefficient (Wildman–Crippen LogP) is 2.57. The van der Waals surface area contributed by atoms with Gasteiger partial charge < -0.3 is 5.11 Å². The minimum atomic E-state index is -0.969. The van der Waals surface area contributed by atoms with Gasteiger partial charge in [-0.15, -0.1) is 0 Å². The molecule has 1 N–H and O–H groups in total. The van der Waals surface area contributed by atoms with Crippen molar-refractivity contribution in [3.8, 4) is 5.82 Å². The number of carboxylic acids is 1. The molecule has 0 amide bonds. The van der Waals surface area contributed by atoms with Gasteiger partial charge in [-0.3, -0.25) is 0 Å². The lowest BCUT2D eigenvalue weighted by molar-refractivity contribution is 0.0694. The lowest BCUT2D eigenvalue weighted by atomic mass is 9.90. The molecule has 100 valence electrons. The Labute approximate surface area is 111 Å². The van der Waals surface area contributed by atoms with Crippen LogP contribution in [0.5, 0.6) is 0 Å². The molecule has 5 nitrogen and oxygen atoms in total. The van der Waals surface area contributed by atoms with Crippen molar-refractivity contribution in [2.45, 2.75) is 33.1 Å². The van der Waals surface area contributed by atoms with E-state index >= 15 is 0 Å². The van der Waals surface area contributed by atoms with Gasteiger partial charge in [0.25, 0.3) is 0 Å². The van der Waals surface area contributed by atoms with E-state index in [0.29, 0.717) is 11.5 Å². The second kappa shape index (κ2) is 4.50. The van der Waals surface area contributed by atoms with Crippen molar-refractivity contribution >= 4 is 5.97 Å². The van der Waals surface area contributed by atoms with Gasteiger partial charge in [0.1, 0.15) is 5.56 Å². The van der Waals surface area contributed by atoms with Gasteiger partial charge in [0.15, 0.2) is 5.82 Å². The molecule has 0 aliphatic carbocycles. The summed E-state index contributed by atoms with van der Waals surface area (Å²) in [6, 6.07) is 3.75. The van der Waals surface area contributed by atoms with E-state index in [1.165, 1.54) is 10.9 Å². The van der Waals surface area contributed by atoms with Crippen molar-refractivity contribution in [2.75, 3.05) is 0 Å². The van der Waals surface area contributed by atoms with E-state index in [1.54, 1.807) is 6.20 Å². The number of hydrogen-bond acceptors (Lipinski definition) is 3. The molecule has 0 radical (unpaired) electrons. The normalized spacial score (nSPS) is 11.6. The molecule has 0 atom stereocenters. The molecule has 0 saturated carbocycles. The fourth-order valence-electron chi connectivity index (χ4n) is 1.85. The van der Waals surface area contributed by atoms with E-state index in [9.17, 15) is 9.90 Å². The first-order valence-electron chi connectivity index (χ1n) is 6.05. The number of aryl methyl sites for hydroxylation is 1. The Hall–Kier alpha value is -2.17. The highest BCUT2D eigenvalue weighted by Gasteiger charge is 2.26. The van der Waals surface area contributed by atoms with E-state index in [4.69, 9.17) is 0 Å². The topological polar surface area (TPSA) is 68.0 Å². The average Bonchev–Trinajstić information content (AvgIpc) is 2.73. The Morgan fingerprint density at radius 1 is 1.37 bits per heavy atom. The molecule has 0 spiro atoms. The summed E-state index contributed by atoms with van der Waals surface area (Å²) >= 11 is 0.